The molecule has 29 heavy (non-hydrogen) atoms. The van der Waals surface area contributed by atoms with Crippen molar-refractivity contribution in [1.29, 1.82) is 0 Å². The lowest BCUT2D eigenvalue weighted by Gasteiger charge is -2.09. The maximum absolute atomic E-state index is 12.4. The summed E-state index contributed by atoms with van der Waals surface area (Å²) in [7, 11) is 0. The van der Waals surface area contributed by atoms with Crippen molar-refractivity contribution in [3.63, 3.8) is 0 Å². The third-order valence-corrected chi connectivity index (χ3v) is 5.70. The number of carbonyl (C=O) groups is 1. The van der Waals surface area contributed by atoms with Gasteiger partial charge in [-0.25, -0.2) is 0 Å². The predicted octanol–water partition coefficient (Wildman–Crippen LogP) is 5.75. The van der Waals surface area contributed by atoms with E-state index < -0.39 is 0 Å². The maximum atomic E-state index is 12.4. The highest BCUT2D eigenvalue weighted by molar-refractivity contribution is 7.99. The van der Waals surface area contributed by atoms with E-state index in [1.165, 1.54) is 17.3 Å². The second kappa shape index (κ2) is 9.74. The van der Waals surface area contributed by atoms with Gasteiger partial charge in [0, 0.05) is 5.56 Å². The van der Waals surface area contributed by atoms with Crippen LogP contribution < -0.4 is 4.74 Å². The summed E-state index contributed by atoms with van der Waals surface area (Å²) in [5.41, 5.74) is 4.13. The van der Waals surface area contributed by atoms with Crippen molar-refractivity contribution in [2.75, 3.05) is 5.75 Å². The van der Waals surface area contributed by atoms with Crippen LogP contribution in [0.1, 0.15) is 59.1 Å². The first-order valence-electron chi connectivity index (χ1n) is 9.74. The molecule has 1 heterocycles. The van der Waals surface area contributed by atoms with Crippen molar-refractivity contribution < 1.29 is 13.9 Å². The second-order valence-corrected chi connectivity index (χ2v) is 8.09. The fourth-order valence-corrected chi connectivity index (χ4v) is 3.48. The first-order valence-corrected chi connectivity index (χ1v) is 10.7. The number of carbonyl (C=O) groups excluding carboxylic acids is 1. The quantitative estimate of drug-likeness (QED) is 0.330. The van der Waals surface area contributed by atoms with Crippen molar-refractivity contribution in [3.8, 4) is 5.75 Å². The molecular formula is C23H26N2O3S. The van der Waals surface area contributed by atoms with Crippen LogP contribution in [-0.4, -0.2) is 21.7 Å². The van der Waals surface area contributed by atoms with Crippen LogP contribution >= 0.6 is 11.8 Å². The summed E-state index contributed by atoms with van der Waals surface area (Å²) >= 11 is 1.24. The molecule has 0 aliphatic rings. The number of ketones is 1. The lowest BCUT2D eigenvalue weighted by Crippen LogP contribution is -2.03. The van der Waals surface area contributed by atoms with Gasteiger partial charge in [-0.15, -0.1) is 10.2 Å². The summed E-state index contributed by atoms with van der Waals surface area (Å²) in [6, 6.07) is 13.9. The zero-order valence-corrected chi connectivity index (χ0v) is 18.1. The van der Waals surface area contributed by atoms with E-state index in [1.807, 2.05) is 56.3 Å². The van der Waals surface area contributed by atoms with Gasteiger partial charge in [-0.05, 0) is 48.9 Å². The zero-order valence-electron chi connectivity index (χ0n) is 17.3. The lowest BCUT2D eigenvalue weighted by atomic mass is 9.97. The number of nitrogens with zero attached hydrogens (tertiary/aromatic N) is 2. The fourth-order valence-electron chi connectivity index (χ4n) is 2.80. The van der Waals surface area contributed by atoms with Crippen LogP contribution in [0, 0.1) is 13.8 Å². The molecule has 0 aliphatic heterocycles. The van der Waals surface area contributed by atoms with Gasteiger partial charge in [0.2, 0.25) is 0 Å². The van der Waals surface area contributed by atoms with Gasteiger partial charge in [0.25, 0.3) is 11.1 Å². The van der Waals surface area contributed by atoms with E-state index in [4.69, 9.17) is 9.15 Å². The number of rotatable bonds is 9. The first-order chi connectivity index (χ1) is 14.0. The minimum Gasteiger partial charge on any atom is -0.484 e. The van der Waals surface area contributed by atoms with Crippen LogP contribution in [-0.2, 0) is 6.61 Å². The van der Waals surface area contributed by atoms with Crippen LogP contribution in [0.3, 0.4) is 0 Å². The normalized spacial score (nSPS) is 12.0. The molecule has 1 atom stereocenters. The van der Waals surface area contributed by atoms with Crippen LogP contribution in [0.5, 0.6) is 5.75 Å². The van der Waals surface area contributed by atoms with Gasteiger partial charge in [0.05, 0.1) is 5.75 Å². The molecule has 0 fully saturated rings. The maximum Gasteiger partial charge on any atom is 0.277 e. The average molecular weight is 411 g/mol. The SMILES string of the molecule is CCC(C)c1ccc(C(=O)CSc2nnc(COc3cc(C)ccc3C)o2)cc1. The van der Waals surface area contributed by atoms with Gasteiger partial charge >= 0.3 is 0 Å². The Balaban J connectivity index is 1.52. The molecule has 3 rings (SSSR count). The molecule has 2 aromatic carbocycles. The number of ether oxygens (including phenoxy) is 1. The zero-order chi connectivity index (χ0) is 20.8. The van der Waals surface area contributed by atoms with E-state index in [-0.39, 0.29) is 18.1 Å². The standard InChI is InChI=1S/C23H26N2O3S/c1-5-16(3)18-8-10-19(11-9-18)20(26)14-29-23-25-24-22(28-23)13-27-21-12-15(2)6-7-17(21)4/h6-12,16H,5,13-14H2,1-4H3. The third-order valence-electron chi connectivity index (χ3n) is 4.88. The molecule has 0 saturated heterocycles. The highest BCUT2D eigenvalue weighted by Crippen LogP contribution is 2.23. The Morgan fingerprint density at radius 1 is 1.14 bits per heavy atom. The molecule has 0 radical (unpaired) electrons. The van der Waals surface area contributed by atoms with E-state index in [2.05, 4.69) is 24.0 Å². The Morgan fingerprint density at radius 2 is 1.90 bits per heavy atom. The third kappa shape index (κ3) is 5.70. The van der Waals surface area contributed by atoms with E-state index in [0.717, 1.165) is 23.3 Å². The summed E-state index contributed by atoms with van der Waals surface area (Å²) in [6.07, 6.45) is 1.08. The largest absolute Gasteiger partial charge is 0.484 e. The molecule has 5 nitrogen and oxygen atoms in total. The monoisotopic (exact) mass is 410 g/mol. The van der Waals surface area contributed by atoms with Gasteiger partial charge in [0.15, 0.2) is 12.4 Å². The van der Waals surface area contributed by atoms with Crippen molar-refractivity contribution in [1.82, 2.24) is 10.2 Å². The highest BCUT2D eigenvalue weighted by Gasteiger charge is 2.13. The summed E-state index contributed by atoms with van der Waals surface area (Å²) < 4.78 is 11.4. The Kier molecular flexibility index (Phi) is 7.09. The molecular weight excluding hydrogens is 384 g/mol. The number of hydrogen-bond acceptors (Lipinski definition) is 6. The van der Waals surface area contributed by atoms with Crippen molar-refractivity contribution >= 4 is 17.5 Å². The number of aromatic nitrogens is 2. The lowest BCUT2D eigenvalue weighted by molar-refractivity contribution is 0.102. The molecule has 6 heteroatoms. The van der Waals surface area contributed by atoms with E-state index in [1.54, 1.807) is 0 Å². The van der Waals surface area contributed by atoms with Gasteiger partial charge in [-0.1, -0.05) is 62.0 Å². The van der Waals surface area contributed by atoms with Gasteiger partial charge in [0.1, 0.15) is 5.75 Å². The van der Waals surface area contributed by atoms with E-state index in [9.17, 15) is 4.79 Å². The van der Waals surface area contributed by atoms with Gasteiger partial charge < -0.3 is 9.15 Å². The Bertz CT molecular complexity index is 967. The van der Waals surface area contributed by atoms with Crippen LogP contribution in [0.4, 0.5) is 0 Å². The molecule has 152 valence electrons. The molecule has 1 aromatic heterocycles. The topological polar surface area (TPSA) is 65.2 Å². The predicted molar refractivity (Wildman–Crippen MR) is 115 cm³/mol. The number of aryl methyl sites for hydroxylation is 2. The Morgan fingerprint density at radius 3 is 2.62 bits per heavy atom. The molecule has 1 unspecified atom stereocenters. The summed E-state index contributed by atoms with van der Waals surface area (Å²) in [5.74, 6) is 1.97. The van der Waals surface area contributed by atoms with Gasteiger partial charge in [-0.3, -0.25) is 4.79 Å². The Labute approximate surface area is 175 Å². The minimum absolute atomic E-state index is 0.0390. The molecule has 0 bridgehead atoms. The van der Waals surface area contributed by atoms with E-state index in [0.29, 0.717) is 22.6 Å². The average Bonchev–Trinajstić information content (AvgIpc) is 3.20. The smallest absolute Gasteiger partial charge is 0.277 e. The fraction of sp³-hybridized carbons (Fsp3) is 0.348. The summed E-state index contributed by atoms with van der Waals surface area (Å²) in [6.45, 7) is 8.55. The van der Waals surface area contributed by atoms with Crippen molar-refractivity contribution in [2.24, 2.45) is 0 Å². The highest BCUT2D eigenvalue weighted by atomic mass is 32.2. The summed E-state index contributed by atoms with van der Waals surface area (Å²) in [5, 5.41) is 8.37. The molecule has 3 aromatic rings. The Hall–Kier alpha value is -2.60. The molecule has 0 saturated carbocycles. The molecule has 0 spiro atoms. The van der Waals surface area contributed by atoms with Crippen LogP contribution in [0.15, 0.2) is 52.1 Å². The number of benzene rings is 2. The number of hydrogen-bond donors (Lipinski definition) is 0. The molecule has 0 aliphatic carbocycles. The van der Waals surface area contributed by atoms with E-state index >= 15 is 0 Å². The number of Topliss-reactive ketones (excluding diaryl/α,β-unsaturated/α-hetero) is 1. The van der Waals surface area contributed by atoms with Crippen molar-refractivity contribution in [2.45, 2.75) is 51.9 Å². The number of thioether (sulfide) groups is 1. The second-order valence-electron chi connectivity index (χ2n) is 7.16. The molecule has 0 N–H and O–H groups in total. The van der Waals surface area contributed by atoms with Crippen molar-refractivity contribution in [3.05, 3.63) is 70.6 Å². The van der Waals surface area contributed by atoms with Gasteiger partial charge in [-0.2, -0.15) is 0 Å². The van der Waals surface area contributed by atoms with Crippen LogP contribution in [0.25, 0.3) is 0 Å². The van der Waals surface area contributed by atoms with Crippen LogP contribution in [0.2, 0.25) is 0 Å². The molecule has 0 amide bonds. The minimum atomic E-state index is 0.0390. The first kappa shape index (κ1) is 21.1. The summed E-state index contributed by atoms with van der Waals surface area (Å²) in [4.78, 5) is 12.4.